The number of rotatable bonds is 1. The molecule has 3 heteroatoms. The minimum absolute atomic E-state index is 0.209. The van der Waals surface area contributed by atoms with E-state index in [2.05, 4.69) is 29.2 Å². The predicted octanol–water partition coefficient (Wildman–Crippen LogP) is 4.63. The number of carbonyl (C=O) groups excluding carboxylic acids is 1. The van der Waals surface area contributed by atoms with E-state index in [9.17, 15) is 9.59 Å². The van der Waals surface area contributed by atoms with Crippen LogP contribution in [0.25, 0.3) is 43.2 Å². The third-order valence-corrected chi connectivity index (χ3v) is 4.86. The lowest BCUT2D eigenvalue weighted by Crippen LogP contribution is -2.17. The van der Waals surface area contributed by atoms with Crippen LogP contribution in [-0.4, -0.2) is 10.8 Å². The molecule has 114 valence electrons. The fraction of sp³-hybridized carbons (Fsp3) is 0.0476. The van der Waals surface area contributed by atoms with E-state index in [1.807, 2.05) is 30.3 Å². The Balaban J connectivity index is 2.31. The van der Waals surface area contributed by atoms with E-state index in [0.717, 1.165) is 43.2 Å². The smallest absolute Gasteiger partial charge is 0.259 e. The van der Waals surface area contributed by atoms with Crippen LogP contribution in [0.2, 0.25) is 0 Å². The molecule has 3 nitrogen and oxygen atoms in total. The summed E-state index contributed by atoms with van der Waals surface area (Å²) in [5.41, 5.74) is 0.694. The first kappa shape index (κ1) is 13.3. The molecule has 24 heavy (non-hydrogen) atoms. The lowest BCUT2D eigenvalue weighted by Gasteiger charge is -2.15. The van der Waals surface area contributed by atoms with Crippen molar-refractivity contribution in [3.8, 4) is 0 Å². The van der Waals surface area contributed by atoms with Crippen molar-refractivity contribution in [1.82, 2.24) is 4.98 Å². The molecule has 1 aromatic heterocycles. The zero-order chi connectivity index (χ0) is 16.4. The third-order valence-electron chi connectivity index (χ3n) is 4.86. The second kappa shape index (κ2) is 4.42. The summed E-state index contributed by atoms with van der Waals surface area (Å²) >= 11 is 0. The Hall–Kier alpha value is -3.20. The van der Waals surface area contributed by atoms with Gasteiger partial charge in [0.2, 0.25) is 0 Å². The number of Topliss-reactive ketones (excluding diaryl/α,β-unsaturated/α-hetero) is 1. The number of aromatic amines is 1. The Bertz CT molecular complexity index is 1340. The highest BCUT2D eigenvalue weighted by molar-refractivity contribution is 6.35. The van der Waals surface area contributed by atoms with Crippen LogP contribution in [0.4, 0.5) is 0 Å². The number of hydrogen-bond acceptors (Lipinski definition) is 2. The molecule has 0 atom stereocenters. The molecule has 0 unspecified atom stereocenters. The molecular formula is C21H13NO2. The van der Waals surface area contributed by atoms with E-state index in [0.29, 0.717) is 0 Å². The monoisotopic (exact) mass is 311 g/mol. The maximum atomic E-state index is 12.5. The largest absolute Gasteiger partial charge is 0.321 e. The van der Waals surface area contributed by atoms with Gasteiger partial charge in [-0.15, -0.1) is 0 Å². The van der Waals surface area contributed by atoms with E-state index in [-0.39, 0.29) is 16.9 Å². The highest BCUT2D eigenvalue weighted by Gasteiger charge is 2.19. The average molecular weight is 311 g/mol. The van der Waals surface area contributed by atoms with Crippen LogP contribution in [0.5, 0.6) is 0 Å². The summed E-state index contributed by atoms with van der Waals surface area (Å²) in [4.78, 5) is 27.7. The van der Waals surface area contributed by atoms with Crippen molar-refractivity contribution in [1.29, 1.82) is 0 Å². The first-order valence-electron chi connectivity index (χ1n) is 7.89. The van der Waals surface area contributed by atoms with Gasteiger partial charge in [-0.1, -0.05) is 48.5 Å². The van der Waals surface area contributed by atoms with Crippen molar-refractivity contribution in [2.75, 3.05) is 0 Å². The van der Waals surface area contributed by atoms with Crippen molar-refractivity contribution in [2.45, 2.75) is 6.92 Å². The number of fused-ring (bicyclic) bond motifs is 2. The number of H-pyrrole nitrogens is 1. The maximum Gasteiger partial charge on any atom is 0.259 e. The summed E-state index contributed by atoms with van der Waals surface area (Å²) in [7, 11) is 0. The summed E-state index contributed by atoms with van der Waals surface area (Å²) in [6.45, 7) is 1.45. The van der Waals surface area contributed by atoms with Crippen LogP contribution >= 0.6 is 0 Å². The molecule has 0 fully saturated rings. The lowest BCUT2D eigenvalue weighted by molar-refractivity contribution is 0.101. The van der Waals surface area contributed by atoms with Gasteiger partial charge in [0.25, 0.3) is 5.56 Å². The quantitative estimate of drug-likeness (QED) is 0.279. The van der Waals surface area contributed by atoms with Crippen LogP contribution in [-0.2, 0) is 0 Å². The lowest BCUT2D eigenvalue weighted by atomic mass is 9.89. The van der Waals surface area contributed by atoms with Gasteiger partial charge in [0, 0.05) is 16.3 Å². The molecular weight excluding hydrogens is 298 g/mol. The van der Waals surface area contributed by atoms with Gasteiger partial charge in [0.05, 0.1) is 5.56 Å². The minimum atomic E-state index is -0.321. The molecule has 0 aliphatic carbocycles. The van der Waals surface area contributed by atoms with Gasteiger partial charge in [-0.05, 0) is 39.9 Å². The fourth-order valence-electron chi connectivity index (χ4n) is 3.95. The van der Waals surface area contributed by atoms with Crippen LogP contribution in [0.3, 0.4) is 0 Å². The summed E-state index contributed by atoms with van der Waals surface area (Å²) in [6.07, 6.45) is 0. The number of carbonyl (C=O) groups is 1. The second-order valence-corrected chi connectivity index (χ2v) is 6.20. The average Bonchev–Trinajstić information content (AvgIpc) is 2.58. The summed E-state index contributed by atoms with van der Waals surface area (Å²) in [5, 5.41) is 7.10. The third kappa shape index (κ3) is 1.51. The van der Waals surface area contributed by atoms with Crippen molar-refractivity contribution in [2.24, 2.45) is 0 Å². The molecule has 1 heterocycles. The SMILES string of the molecule is CC(=O)c1c(=O)[nH]c2cccc3c4cccc5cccc(c1c23)c54. The normalized spacial score (nSPS) is 11.9. The molecule has 5 aromatic rings. The van der Waals surface area contributed by atoms with Crippen LogP contribution in [0.15, 0.2) is 59.4 Å². The first-order chi connectivity index (χ1) is 11.7. The summed E-state index contributed by atoms with van der Waals surface area (Å²) in [5.74, 6) is -0.209. The van der Waals surface area contributed by atoms with Gasteiger partial charge >= 0.3 is 0 Å². The Labute approximate surface area is 136 Å². The Morgan fingerprint density at radius 1 is 0.792 bits per heavy atom. The molecule has 0 spiro atoms. The van der Waals surface area contributed by atoms with E-state index < -0.39 is 0 Å². The van der Waals surface area contributed by atoms with Crippen LogP contribution in [0.1, 0.15) is 17.3 Å². The second-order valence-electron chi connectivity index (χ2n) is 6.20. The number of ketones is 1. The zero-order valence-electron chi connectivity index (χ0n) is 13.0. The number of hydrogen-bond donors (Lipinski definition) is 1. The molecule has 0 aliphatic heterocycles. The topological polar surface area (TPSA) is 49.9 Å². The summed E-state index contributed by atoms with van der Waals surface area (Å²) in [6, 6.07) is 18.1. The van der Waals surface area contributed by atoms with Gasteiger partial charge in [-0.25, -0.2) is 0 Å². The highest BCUT2D eigenvalue weighted by atomic mass is 16.1. The molecule has 0 radical (unpaired) electrons. The molecule has 0 saturated carbocycles. The van der Waals surface area contributed by atoms with Gasteiger partial charge < -0.3 is 4.98 Å². The standard InChI is InChI=1S/C21H13NO2/c1-11(23)17-20-15-9-3-6-12-5-2-7-13(18(12)15)14-8-4-10-16(19(14)20)22-21(17)24/h2-10H,1H3,(H,22,24). The van der Waals surface area contributed by atoms with E-state index in [1.165, 1.54) is 6.92 Å². The zero-order valence-corrected chi connectivity index (χ0v) is 13.0. The van der Waals surface area contributed by atoms with Gasteiger partial charge in [-0.3, -0.25) is 9.59 Å². The molecule has 1 N–H and O–H groups in total. The maximum absolute atomic E-state index is 12.5. The van der Waals surface area contributed by atoms with Crippen molar-refractivity contribution >= 4 is 49.0 Å². The van der Waals surface area contributed by atoms with Crippen LogP contribution < -0.4 is 5.56 Å². The minimum Gasteiger partial charge on any atom is -0.321 e. The van der Waals surface area contributed by atoms with Crippen molar-refractivity contribution in [3.05, 3.63) is 70.5 Å². The van der Waals surface area contributed by atoms with E-state index >= 15 is 0 Å². The van der Waals surface area contributed by atoms with Gasteiger partial charge in [-0.2, -0.15) is 0 Å². The fourth-order valence-corrected chi connectivity index (χ4v) is 3.95. The number of benzene rings is 4. The predicted molar refractivity (Wildman–Crippen MR) is 98.3 cm³/mol. The number of nitrogens with one attached hydrogen (secondary N) is 1. The highest BCUT2D eigenvalue weighted by Crippen LogP contribution is 2.40. The number of aromatic nitrogens is 1. The van der Waals surface area contributed by atoms with Gasteiger partial charge in [0.15, 0.2) is 5.78 Å². The van der Waals surface area contributed by atoms with Crippen LogP contribution in [0, 0.1) is 0 Å². The molecule has 5 rings (SSSR count). The molecule has 0 bridgehead atoms. The van der Waals surface area contributed by atoms with Crippen molar-refractivity contribution < 1.29 is 4.79 Å². The number of pyridine rings is 1. The van der Waals surface area contributed by atoms with E-state index in [4.69, 9.17) is 0 Å². The van der Waals surface area contributed by atoms with Gasteiger partial charge in [0.1, 0.15) is 0 Å². The summed E-state index contributed by atoms with van der Waals surface area (Å²) < 4.78 is 0. The van der Waals surface area contributed by atoms with E-state index in [1.54, 1.807) is 0 Å². The molecule has 0 aliphatic rings. The molecule has 0 amide bonds. The Kier molecular flexibility index (Phi) is 2.44. The van der Waals surface area contributed by atoms with Crippen molar-refractivity contribution in [3.63, 3.8) is 0 Å². The molecule has 4 aromatic carbocycles. The first-order valence-corrected chi connectivity index (χ1v) is 7.89. The molecule has 0 saturated heterocycles. The Morgan fingerprint density at radius 2 is 1.42 bits per heavy atom. The Morgan fingerprint density at radius 3 is 2.12 bits per heavy atom.